The van der Waals surface area contributed by atoms with Crippen molar-refractivity contribution in [3.8, 4) is 0 Å². The minimum absolute atomic E-state index is 0.0978. The number of nitrogens with zero attached hydrogens (tertiary/aromatic N) is 2. The van der Waals surface area contributed by atoms with Crippen molar-refractivity contribution < 1.29 is 9.59 Å². The van der Waals surface area contributed by atoms with Crippen molar-refractivity contribution in [1.29, 1.82) is 0 Å². The average molecular weight is 373 g/mol. The zero-order valence-corrected chi connectivity index (χ0v) is 16.4. The molecule has 2 heterocycles. The summed E-state index contributed by atoms with van der Waals surface area (Å²) in [5, 5.41) is 6.35. The van der Waals surface area contributed by atoms with Gasteiger partial charge < -0.3 is 20.4 Å². The van der Waals surface area contributed by atoms with E-state index in [9.17, 15) is 9.59 Å². The van der Waals surface area contributed by atoms with E-state index in [2.05, 4.69) is 22.6 Å². The van der Waals surface area contributed by atoms with Crippen LogP contribution in [0.3, 0.4) is 0 Å². The lowest BCUT2D eigenvalue weighted by Crippen LogP contribution is -2.47. The Kier molecular flexibility index (Phi) is 7.24. The Morgan fingerprint density at radius 1 is 1.07 bits per heavy atom. The number of benzene rings is 1. The van der Waals surface area contributed by atoms with Crippen molar-refractivity contribution >= 4 is 11.8 Å². The summed E-state index contributed by atoms with van der Waals surface area (Å²) in [7, 11) is 2.08. The maximum Gasteiger partial charge on any atom is 0.253 e. The number of amides is 2. The second-order valence-electron chi connectivity index (χ2n) is 7.80. The Morgan fingerprint density at radius 2 is 1.74 bits per heavy atom. The first-order chi connectivity index (χ1) is 13.1. The summed E-state index contributed by atoms with van der Waals surface area (Å²) in [4.78, 5) is 28.8. The lowest BCUT2D eigenvalue weighted by molar-refractivity contribution is -0.121. The predicted molar refractivity (Wildman–Crippen MR) is 107 cm³/mol. The number of hydrogen-bond acceptors (Lipinski definition) is 4. The molecule has 2 aliphatic heterocycles. The number of rotatable bonds is 6. The summed E-state index contributed by atoms with van der Waals surface area (Å²) in [6.45, 7) is 6.08. The van der Waals surface area contributed by atoms with Gasteiger partial charge in [-0.2, -0.15) is 0 Å². The van der Waals surface area contributed by atoms with Crippen LogP contribution in [0.2, 0.25) is 0 Å². The summed E-state index contributed by atoms with van der Waals surface area (Å²) in [5.41, 5.74) is 1.75. The number of carbonyl (C=O) groups is 2. The van der Waals surface area contributed by atoms with Crippen LogP contribution in [0.15, 0.2) is 24.3 Å². The summed E-state index contributed by atoms with van der Waals surface area (Å²) < 4.78 is 0. The van der Waals surface area contributed by atoms with Crippen molar-refractivity contribution in [1.82, 2.24) is 20.4 Å². The number of hydrogen-bond donors (Lipinski definition) is 2. The van der Waals surface area contributed by atoms with Crippen LogP contribution in [0.25, 0.3) is 0 Å². The first-order valence-electron chi connectivity index (χ1n) is 10.2. The van der Waals surface area contributed by atoms with Gasteiger partial charge in [-0.05, 0) is 63.0 Å². The van der Waals surface area contributed by atoms with E-state index in [0.29, 0.717) is 18.9 Å². The highest BCUT2D eigenvalue weighted by Gasteiger charge is 2.20. The van der Waals surface area contributed by atoms with E-state index in [1.165, 1.54) is 12.8 Å². The Balaban J connectivity index is 1.40. The van der Waals surface area contributed by atoms with Gasteiger partial charge in [-0.1, -0.05) is 12.1 Å². The van der Waals surface area contributed by atoms with E-state index in [0.717, 1.165) is 56.8 Å². The van der Waals surface area contributed by atoms with Gasteiger partial charge in [0.1, 0.15) is 0 Å². The first kappa shape index (κ1) is 19.8. The summed E-state index contributed by atoms with van der Waals surface area (Å²) in [5.74, 6) is 0.892. The molecular formula is C21H32N4O2. The fourth-order valence-electron chi connectivity index (χ4n) is 3.75. The monoisotopic (exact) mass is 372 g/mol. The van der Waals surface area contributed by atoms with Gasteiger partial charge in [0, 0.05) is 44.7 Å². The molecule has 0 unspecified atom stereocenters. The van der Waals surface area contributed by atoms with E-state index < -0.39 is 0 Å². The Morgan fingerprint density at radius 3 is 2.41 bits per heavy atom. The molecule has 27 heavy (non-hydrogen) atoms. The fraction of sp³-hybridized carbons (Fsp3) is 0.619. The molecule has 1 aromatic carbocycles. The number of likely N-dealkylation sites (N-methyl/N-ethyl adjacent to an activating group) is 1. The van der Waals surface area contributed by atoms with Crippen LogP contribution in [-0.2, 0) is 11.3 Å². The van der Waals surface area contributed by atoms with Crippen molar-refractivity contribution in [2.45, 2.75) is 32.2 Å². The molecule has 2 fully saturated rings. The van der Waals surface area contributed by atoms with Gasteiger partial charge in [0.2, 0.25) is 5.91 Å². The van der Waals surface area contributed by atoms with Crippen molar-refractivity contribution in [2.24, 2.45) is 5.92 Å². The highest BCUT2D eigenvalue weighted by molar-refractivity contribution is 5.94. The van der Waals surface area contributed by atoms with Gasteiger partial charge in [0.05, 0.1) is 0 Å². The van der Waals surface area contributed by atoms with Crippen molar-refractivity contribution in [3.05, 3.63) is 35.4 Å². The standard InChI is InChI=1S/C21H32N4O2/c1-24-12-14-25(15-13-24)21(27)19-5-2-18(3-6-19)16-23-20(26)7-4-17-8-10-22-11-9-17/h2-3,5-6,17,22H,4,7-16H2,1H3,(H,23,26). The molecule has 0 spiro atoms. The molecule has 2 amide bonds. The molecule has 0 aromatic heterocycles. The minimum Gasteiger partial charge on any atom is -0.352 e. The number of piperazine rings is 1. The van der Waals surface area contributed by atoms with Crippen molar-refractivity contribution in [2.75, 3.05) is 46.3 Å². The quantitative estimate of drug-likeness (QED) is 0.794. The largest absolute Gasteiger partial charge is 0.352 e. The molecule has 1 aromatic rings. The highest BCUT2D eigenvalue weighted by Crippen LogP contribution is 2.17. The fourth-order valence-corrected chi connectivity index (χ4v) is 3.75. The van der Waals surface area contributed by atoms with Crippen LogP contribution in [0.5, 0.6) is 0 Å². The Labute approximate surface area is 162 Å². The number of carbonyl (C=O) groups excluding carboxylic acids is 2. The highest BCUT2D eigenvalue weighted by atomic mass is 16.2. The molecule has 6 nitrogen and oxygen atoms in total. The predicted octanol–water partition coefficient (Wildman–Crippen LogP) is 1.47. The molecule has 3 rings (SSSR count). The van der Waals surface area contributed by atoms with Gasteiger partial charge in [0.15, 0.2) is 0 Å². The molecular weight excluding hydrogens is 340 g/mol. The third kappa shape index (κ3) is 6.04. The lowest BCUT2D eigenvalue weighted by Gasteiger charge is -2.32. The van der Waals surface area contributed by atoms with E-state index in [1.807, 2.05) is 29.2 Å². The molecule has 2 aliphatic rings. The molecule has 0 atom stereocenters. The maximum absolute atomic E-state index is 12.6. The smallest absolute Gasteiger partial charge is 0.253 e. The third-order valence-electron chi connectivity index (χ3n) is 5.72. The SMILES string of the molecule is CN1CCN(C(=O)c2ccc(CNC(=O)CCC3CCNCC3)cc2)CC1. The summed E-state index contributed by atoms with van der Waals surface area (Å²) in [6, 6.07) is 7.63. The molecule has 0 bridgehead atoms. The van der Waals surface area contributed by atoms with E-state index >= 15 is 0 Å². The molecule has 0 saturated carbocycles. The van der Waals surface area contributed by atoms with Gasteiger partial charge >= 0.3 is 0 Å². The van der Waals surface area contributed by atoms with Crippen molar-refractivity contribution in [3.63, 3.8) is 0 Å². The second kappa shape index (κ2) is 9.85. The van der Waals surface area contributed by atoms with Crippen LogP contribution in [0.4, 0.5) is 0 Å². The zero-order valence-electron chi connectivity index (χ0n) is 16.4. The maximum atomic E-state index is 12.6. The van der Waals surface area contributed by atoms with Gasteiger partial charge in [0.25, 0.3) is 5.91 Å². The number of nitrogens with one attached hydrogen (secondary N) is 2. The Bertz CT molecular complexity index is 618. The van der Waals surface area contributed by atoms with E-state index in [-0.39, 0.29) is 11.8 Å². The molecule has 0 radical (unpaired) electrons. The molecule has 148 valence electrons. The normalized spacial score (nSPS) is 19.1. The van der Waals surface area contributed by atoms with Gasteiger partial charge in [-0.15, -0.1) is 0 Å². The van der Waals surface area contributed by atoms with Crippen LogP contribution in [-0.4, -0.2) is 67.9 Å². The average Bonchev–Trinajstić information content (AvgIpc) is 2.72. The molecule has 0 aliphatic carbocycles. The molecule has 6 heteroatoms. The van der Waals surface area contributed by atoms with Gasteiger partial charge in [-0.25, -0.2) is 0 Å². The topological polar surface area (TPSA) is 64.7 Å². The van der Waals surface area contributed by atoms with Crippen LogP contribution >= 0.6 is 0 Å². The first-order valence-corrected chi connectivity index (χ1v) is 10.2. The Hall–Kier alpha value is -1.92. The van der Waals surface area contributed by atoms with Crippen LogP contribution in [0, 0.1) is 5.92 Å². The summed E-state index contributed by atoms with van der Waals surface area (Å²) in [6.07, 6.45) is 3.93. The molecule has 2 saturated heterocycles. The van der Waals surface area contributed by atoms with Crippen LogP contribution in [0.1, 0.15) is 41.6 Å². The third-order valence-corrected chi connectivity index (χ3v) is 5.72. The van der Waals surface area contributed by atoms with Crippen LogP contribution < -0.4 is 10.6 Å². The number of piperidine rings is 1. The minimum atomic E-state index is 0.0978. The summed E-state index contributed by atoms with van der Waals surface area (Å²) >= 11 is 0. The lowest BCUT2D eigenvalue weighted by atomic mass is 9.93. The van der Waals surface area contributed by atoms with E-state index in [4.69, 9.17) is 0 Å². The van der Waals surface area contributed by atoms with Gasteiger partial charge in [-0.3, -0.25) is 9.59 Å². The van der Waals surface area contributed by atoms with E-state index in [1.54, 1.807) is 0 Å². The molecule has 2 N–H and O–H groups in total. The zero-order chi connectivity index (χ0) is 19.1. The second-order valence-corrected chi connectivity index (χ2v) is 7.80.